The quantitative estimate of drug-likeness (QED) is 0.872. The van der Waals surface area contributed by atoms with Crippen LogP contribution in [0.4, 0.5) is 0 Å². The van der Waals surface area contributed by atoms with Crippen LogP contribution in [0.1, 0.15) is 45.7 Å². The summed E-state index contributed by atoms with van der Waals surface area (Å²) in [6.07, 6.45) is 4.38. The van der Waals surface area contributed by atoms with Gasteiger partial charge in [0.15, 0.2) is 0 Å². The van der Waals surface area contributed by atoms with Gasteiger partial charge in [-0.2, -0.15) is 0 Å². The van der Waals surface area contributed by atoms with Crippen LogP contribution >= 0.6 is 0 Å². The molecular formula is C14H24N2O3S. The van der Waals surface area contributed by atoms with E-state index in [1.807, 2.05) is 6.92 Å². The number of aryl methyl sites for hydroxylation is 1. The Kier molecular flexibility index (Phi) is 4.27. The number of rotatable bonds is 5. The zero-order valence-electron chi connectivity index (χ0n) is 12.4. The van der Waals surface area contributed by atoms with Gasteiger partial charge in [0.2, 0.25) is 10.0 Å². The van der Waals surface area contributed by atoms with E-state index in [1.54, 1.807) is 16.8 Å². The molecule has 0 saturated heterocycles. The maximum atomic E-state index is 12.4. The first-order chi connectivity index (χ1) is 9.27. The fourth-order valence-corrected chi connectivity index (χ4v) is 4.26. The average Bonchev–Trinajstić information content (AvgIpc) is 2.92. The summed E-state index contributed by atoms with van der Waals surface area (Å²) in [5.74, 6) is 0. The van der Waals surface area contributed by atoms with Crippen molar-refractivity contribution in [1.29, 1.82) is 0 Å². The van der Waals surface area contributed by atoms with Gasteiger partial charge in [0.25, 0.3) is 0 Å². The van der Waals surface area contributed by atoms with Crippen LogP contribution < -0.4 is 4.72 Å². The Morgan fingerprint density at radius 3 is 2.65 bits per heavy atom. The van der Waals surface area contributed by atoms with Crippen LogP contribution in [0.3, 0.4) is 0 Å². The molecule has 114 valence electrons. The van der Waals surface area contributed by atoms with Gasteiger partial charge in [0, 0.05) is 24.5 Å². The topological polar surface area (TPSA) is 71.3 Å². The summed E-state index contributed by atoms with van der Waals surface area (Å²) < 4.78 is 29.3. The Hall–Kier alpha value is -0.850. The molecule has 1 aromatic heterocycles. The summed E-state index contributed by atoms with van der Waals surface area (Å²) in [5.41, 5.74) is 0.832. The van der Waals surface area contributed by atoms with Gasteiger partial charge in [-0.15, -0.1) is 0 Å². The number of aliphatic hydroxyl groups is 1. The van der Waals surface area contributed by atoms with Gasteiger partial charge >= 0.3 is 0 Å². The lowest BCUT2D eigenvalue weighted by Crippen LogP contribution is -2.33. The number of hydrogen-bond acceptors (Lipinski definition) is 3. The Balaban J connectivity index is 2.16. The maximum Gasteiger partial charge on any atom is 0.242 e. The summed E-state index contributed by atoms with van der Waals surface area (Å²) >= 11 is 0. The molecule has 0 amide bonds. The number of aliphatic hydroxyl groups excluding tert-OH is 1. The number of nitrogens with one attached hydrogen (secondary N) is 1. The summed E-state index contributed by atoms with van der Waals surface area (Å²) in [6, 6.07) is 1.56. The Morgan fingerprint density at radius 1 is 1.50 bits per heavy atom. The van der Waals surface area contributed by atoms with Gasteiger partial charge in [-0.05, 0) is 37.7 Å². The minimum Gasteiger partial charge on any atom is -0.390 e. The zero-order valence-corrected chi connectivity index (χ0v) is 13.2. The SMILES string of the molecule is CCn1cc(S(=O)(=O)NC2CCC(C)(C)C2)cc1CO. The fourth-order valence-electron chi connectivity index (χ4n) is 2.92. The average molecular weight is 300 g/mol. The highest BCUT2D eigenvalue weighted by Gasteiger charge is 2.33. The molecule has 2 rings (SSSR count). The van der Waals surface area contributed by atoms with Crippen LogP contribution in [0, 0.1) is 5.41 Å². The molecule has 1 heterocycles. The van der Waals surface area contributed by atoms with Gasteiger partial charge in [-0.3, -0.25) is 0 Å². The number of hydrogen-bond donors (Lipinski definition) is 2. The molecule has 1 aromatic rings. The minimum absolute atomic E-state index is 0.0116. The van der Waals surface area contributed by atoms with E-state index >= 15 is 0 Å². The first kappa shape index (κ1) is 15.5. The molecule has 1 aliphatic rings. The molecule has 20 heavy (non-hydrogen) atoms. The van der Waals surface area contributed by atoms with E-state index in [-0.39, 0.29) is 23.0 Å². The molecule has 1 fully saturated rings. The molecule has 0 bridgehead atoms. The van der Waals surface area contributed by atoms with Crippen molar-refractivity contribution < 1.29 is 13.5 Å². The minimum atomic E-state index is -3.50. The van der Waals surface area contributed by atoms with E-state index in [1.165, 1.54) is 0 Å². The number of sulfonamides is 1. The van der Waals surface area contributed by atoms with Crippen molar-refractivity contribution in [3.8, 4) is 0 Å². The third kappa shape index (κ3) is 3.24. The van der Waals surface area contributed by atoms with E-state index in [9.17, 15) is 13.5 Å². The molecule has 0 aliphatic heterocycles. The zero-order chi connectivity index (χ0) is 15.0. The van der Waals surface area contributed by atoms with Crippen LogP contribution in [-0.4, -0.2) is 24.1 Å². The van der Waals surface area contributed by atoms with E-state index in [2.05, 4.69) is 18.6 Å². The van der Waals surface area contributed by atoms with Crippen molar-refractivity contribution in [2.24, 2.45) is 5.41 Å². The molecule has 0 aromatic carbocycles. The van der Waals surface area contributed by atoms with E-state index < -0.39 is 10.0 Å². The van der Waals surface area contributed by atoms with Gasteiger partial charge in [-0.25, -0.2) is 13.1 Å². The predicted octanol–water partition coefficient (Wildman–Crippen LogP) is 1.86. The smallest absolute Gasteiger partial charge is 0.242 e. The van der Waals surface area contributed by atoms with E-state index in [0.29, 0.717) is 12.2 Å². The van der Waals surface area contributed by atoms with E-state index in [4.69, 9.17) is 0 Å². The van der Waals surface area contributed by atoms with Gasteiger partial charge in [-0.1, -0.05) is 13.8 Å². The van der Waals surface area contributed by atoms with Gasteiger partial charge in [0.05, 0.1) is 11.5 Å². The summed E-state index contributed by atoms with van der Waals surface area (Å²) in [6.45, 7) is 6.74. The predicted molar refractivity (Wildman–Crippen MR) is 77.8 cm³/mol. The second-order valence-corrected chi connectivity index (χ2v) is 8.05. The lowest BCUT2D eigenvalue weighted by Gasteiger charge is -2.17. The van der Waals surface area contributed by atoms with Crippen molar-refractivity contribution in [3.63, 3.8) is 0 Å². The Bertz CT molecular complexity index is 554. The summed E-state index contributed by atoms with van der Waals surface area (Å²) in [4.78, 5) is 0.244. The monoisotopic (exact) mass is 300 g/mol. The number of nitrogens with zero attached hydrogens (tertiary/aromatic N) is 1. The molecule has 1 saturated carbocycles. The first-order valence-electron chi connectivity index (χ1n) is 7.09. The van der Waals surface area contributed by atoms with E-state index in [0.717, 1.165) is 19.3 Å². The first-order valence-corrected chi connectivity index (χ1v) is 8.58. The van der Waals surface area contributed by atoms with Crippen molar-refractivity contribution in [2.45, 2.75) is 64.1 Å². The Labute approximate surface area is 121 Å². The molecule has 0 spiro atoms. The van der Waals surface area contributed by atoms with Gasteiger partial charge in [0.1, 0.15) is 0 Å². The van der Waals surface area contributed by atoms with Crippen LogP contribution in [0.25, 0.3) is 0 Å². The van der Waals surface area contributed by atoms with Gasteiger partial charge < -0.3 is 9.67 Å². The Morgan fingerprint density at radius 2 is 2.20 bits per heavy atom. The molecule has 1 atom stereocenters. The normalized spacial score (nSPS) is 22.3. The summed E-state index contributed by atoms with van der Waals surface area (Å²) in [5, 5.41) is 9.25. The third-order valence-corrected chi connectivity index (χ3v) is 5.55. The molecule has 0 radical (unpaired) electrons. The highest BCUT2D eigenvalue weighted by atomic mass is 32.2. The molecule has 5 nitrogen and oxygen atoms in total. The van der Waals surface area contributed by atoms with Crippen molar-refractivity contribution in [1.82, 2.24) is 9.29 Å². The van der Waals surface area contributed by atoms with Crippen LogP contribution in [0.15, 0.2) is 17.2 Å². The molecule has 1 aliphatic carbocycles. The van der Waals surface area contributed by atoms with Crippen LogP contribution in [0.2, 0.25) is 0 Å². The maximum absolute atomic E-state index is 12.4. The van der Waals surface area contributed by atoms with Crippen molar-refractivity contribution in [2.75, 3.05) is 0 Å². The molecule has 1 unspecified atom stereocenters. The number of aromatic nitrogens is 1. The molecule has 6 heteroatoms. The standard InChI is InChI=1S/C14H24N2O3S/c1-4-16-9-13(7-12(16)10-17)20(18,19)15-11-5-6-14(2,3)8-11/h7,9,11,15,17H,4-6,8,10H2,1-3H3. The lowest BCUT2D eigenvalue weighted by molar-refractivity contribution is 0.271. The molecular weight excluding hydrogens is 276 g/mol. The fraction of sp³-hybridized carbons (Fsp3) is 0.714. The highest BCUT2D eigenvalue weighted by molar-refractivity contribution is 7.89. The largest absolute Gasteiger partial charge is 0.390 e. The second kappa shape index (κ2) is 5.50. The summed E-state index contributed by atoms with van der Waals surface area (Å²) in [7, 11) is -3.50. The van der Waals surface area contributed by atoms with Crippen molar-refractivity contribution >= 4 is 10.0 Å². The highest BCUT2D eigenvalue weighted by Crippen LogP contribution is 2.37. The third-order valence-electron chi connectivity index (χ3n) is 4.06. The lowest BCUT2D eigenvalue weighted by atomic mass is 9.92. The van der Waals surface area contributed by atoms with Crippen LogP contribution in [0.5, 0.6) is 0 Å². The van der Waals surface area contributed by atoms with Crippen LogP contribution in [-0.2, 0) is 23.2 Å². The molecule has 2 N–H and O–H groups in total. The van der Waals surface area contributed by atoms with Crippen molar-refractivity contribution in [3.05, 3.63) is 18.0 Å². The second-order valence-electron chi connectivity index (χ2n) is 6.34.